The summed E-state index contributed by atoms with van der Waals surface area (Å²) in [5.41, 5.74) is 0.935. The lowest BCUT2D eigenvalue weighted by Gasteiger charge is -2.29. The van der Waals surface area contributed by atoms with Gasteiger partial charge in [-0.3, -0.25) is 4.79 Å². The number of carbonyl (C=O) groups excluding carboxylic acids is 1. The van der Waals surface area contributed by atoms with Crippen LogP contribution in [0.1, 0.15) is 28.0 Å². The largest absolute Gasteiger partial charge is 0.497 e. The molecule has 0 amide bonds. The van der Waals surface area contributed by atoms with Crippen molar-refractivity contribution in [2.75, 3.05) is 14.2 Å². The first-order valence-electron chi connectivity index (χ1n) is 11.1. The minimum absolute atomic E-state index is 0.0447. The first kappa shape index (κ1) is 23.5. The van der Waals surface area contributed by atoms with E-state index < -0.39 is 12.8 Å². The minimum atomic E-state index is -3.32. The Labute approximate surface area is 200 Å². The average molecular weight is 471 g/mol. The number of rotatable bonds is 9. The number of Topliss-reactive ketones (excluding diaryl/α,β-unsaturated/α-hetero) is 1. The molecule has 4 nitrogen and oxygen atoms in total. The Kier molecular flexibility index (Phi) is 7.30. The molecule has 0 spiro atoms. The molecule has 0 saturated heterocycles. The summed E-state index contributed by atoms with van der Waals surface area (Å²) < 4.78 is 25.9. The maximum atomic E-state index is 15.2. The van der Waals surface area contributed by atoms with E-state index in [0.717, 1.165) is 5.56 Å². The molecule has 0 bridgehead atoms. The van der Waals surface area contributed by atoms with Crippen molar-refractivity contribution in [2.45, 2.75) is 12.1 Å². The minimum Gasteiger partial charge on any atom is -0.497 e. The van der Waals surface area contributed by atoms with Gasteiger partial charge in [0, 0.05) is 22.6 Å². The summed E-state index contributed by atoms with van der Waals surface area (Å²) in [5.74, 6) is 1.32. The lowest BCUT2D eigenvalue weighted by Crippen LogP contribution is -2.23. The van der Waals surface area contributed by atoms with E-state index in [1.807, 2.05) is 97.1 Å². The maximum absolute atomic E-state index is 15.2. The van der Waals surface area contributed by atoms with Crippen molar-refractivity contribution in [3.63, 3.8) is 0 Å². The van der Waals surface area contributed by atoms with Gasteiger partial charge in [0.05, 0.1) is 19.9 Å². The predicted molar refractivity (Wildman–Crippen MR) is 137 cm³/mol. The number of hydrogen-bond donors (Lipinski definition) is 0. The molecule has 0 aliphatic carbocycles. The Morgan fingerprint density at radius 1 is 0.676 bits per heavy atom. The van der Waals surface area contributed by atoms with Gasteiger partial charge in [0.1, 0.15) is 11.5 Å². The summed E-state index contributed by atoms with van der Waals surface area (Å²) in [6, 6.07) is 33.4. The van der Waals surface area contributed by atoms with Crippen LogP contribution in [-0.2, 0) is 4.57 Å². The fraction of sp³-hybridized carbons (Fsp3) is 0.138. The summed E-state index contributed by atoms with van der Waals surface area (Å²) >= 11 is 0. The van der Waals surface area contributed by atoms with Gasteiger partial charge in [0.2, 0.25) is 0 Å². The van der Waals surface area contributed by atoms with Crippen molar-refractivity contribution < 1.29 is 18.8 Å². The Hall–Kier alpha value is -3.62. The van der Waals surface area contributed by atoms with Crippen LogP contribution in [0.5, 0.6) is 11.5 Å². The highest BCUT2D eigenvalue weighted by Gasteiger charge is 2.39. The van der Waals surface area contributed by atoms with Crippen molar-refractivity contribution in [2.24, 2.45) is 0 Å². The summed E-state index contributed by atoms with van der Waals surface area (Å²) in [6.45, 7) is 0. The van der Waals surface area contributed by atoms with Crippen LogP contribution >= 0.6 is 7.14 Å². The molecule has 4 aromatic rings. The van der Waals surface area contributed by atoms with Crippen LogP contribution in [0.15, 0.2) is 109 Å². The van der Waals surface area contributed by atoms with Crippen molar-refractivity contribution >= 4 is 23.5 Å². The molecule has 5 heteroatoms. The van der Waals surface area contributed by atoms with Gasteiger partial charge >= 0.3 is 0 Å². The molecule has 0 aromatic heterocycles. The van der Waals surface area contributed by atoms with Gasteiger partial charge in [0.15, 0.2) is 12.9 Å². The fourth-order valence-electron chi connectivity index (χ4n) is 4.17. The van der Waals surface area contributed by atoms with E-state index in [9.17, 15) is 4.79 Å². The van der Waals surface area contributed by atoms with Gasteiger partial charge < -0.3 is 14.0 Å². The molecular weight excluding hydrogens is 443 g/mol. The summed E-state index contributed by atoms with van der Waals surface area (Å²) in [4.78, 5) is 13.4. The number of ether oxygens (including phenoxy) is 2. The molecule has 172 valence electrons. The monoisotopic (exact) mass is 470 g/mol. The molecule has 0 N–H and O–H groups in total. The maximum Gasteiger partial charge on any atom is 0.163 e. The predicted octanol–water partition coefficient (Wildman–Crippen LogP) is 6.03. The van der Waals surface area contributed by atoms with Crippen molar-refractivity contribution in [3.05, 3.63) is 120 Å². The normalized spacial score (nSPS) is 12.1. The van der Waals surface area contributed by atoms with Crippen LogP contribution in [0.4, 0.5) is 0 Å². The van der Waals surface area contributed by atoms with Gasteiger partial charge in [-0.15, -0.1) is 0 Å². The number of ketones is 1. The molecule has 34 heavy (non-hydrogen) atoms. The first-order valence-corrected chi connectivity index (χ1v) is 12.9. The topological polar surface area (TPSA) is 52.6 Å². The zero-order chi connectivity index (χ0) is 24.0. The van der Waals surface area contributed by atoms with E-state index in [4.69, 9.17) is 9.47 Å². The second-order valence-corrected chi connectivity index (χ2v) is 10.9. The van der Waals surface area contributed by atoms with Crippen molar-refractivity contribution in [1.82, 2.24) is 0 Å². The average Bonchev–Trinajstić information content (AvgIpc) is 2.92. The Balaban J connectivity index is 1.89. The van der Waals surface area contributed by atoms with Gasteiger partial charge in [0.25, 0.3) is 0 Å². The summed E-state index contributed by atoms with van der Waals surface area (Å²) in [6.07, 6.45) is 0.114. The smallest absolute Gasteiger partial charge is 0.163 e. The Morgan fingerprint density at radius 3 is 1.56 bits per heavy atom. The highest BCUT2D eigenvalue weighted by Crippen LogP contribution is 2.59. The van der Waals surface area contributed by atoms with Gasteiger partial charge in [-0.05, 0) is 54.1 Å². The SMILES string of the molecule is COc1ccc(P(=O)(c2ccc(OC)cc2)[C@@H](CC(=O)c2ccccc2)c2ccccc2)cc1. The van der Waals surface area contributed by atoms with Crippen LogP contribution in [0.2, 0.25) is 0 Å². The van der Waals surface area contributed by atoms with E-state index in [-0.39, 0.29) is 12.2 Å². The van der Waals surface area contributed by atoms with E-state index in [2.05, 4.69) is 0 Å². The quantitative estimate of drug-likeness (QED) is 0.221. The third-order valence-corrected chi connectivity index (χ3v) is 9.50. The molecule has 0 radical (unpaired) electrons. The molecule has 1 atom stereocenters. The Morgan fingerprint density at radius 2 is 1.12 bits per heavy atom. The first-order chi connectivity index (χ1) is 16.6. The van der Waals surface area contributed by atoms with Gasteiger partial charge in [-0.2, -0.15) is 0 Å². The molecule has 0 saturated carbocycles. The summed E-state index contributed by atoms with van der Waals surface area (Å²) in [5, 5.41) is 1.35. The molecule has 0 unspecified atom stereocenters. The summed E-state index contributed by atoms with van der Waals surface area (Å²) in [7, 11) is -0.122. The third-order valence-electron chi connectivity index (χ3n) is 6.01. The zero-order valence-corrected chi connectivity index (χ0v) is 20.2. The second kappa shape index (κ2) is 10.5. The number of methoxy groups -OCH3 is 2. The second-order valence-electron chi connectivity index (χ2n) is 7.97. The standard InChI is InChI=1S/C29H27O4P/c1-32-24-13-17-26(18-14-24)34(31,27-19-15-25(33-2)16-20-27)29(23-11-7-4-8-12-23)21-28(30)22-9-5-3-6-10-22/h3-20,29H,21H2,1-2H3/t29-/m0/s1. The third kappa shape index (κ3) is 4.83. The number of hydrogen-bond acceptors (Lipinski definition) is 4. The lowest BCUT2D eigenvalue weighted by molar-refractivity contribution is 0.0981. The van der Waals surface area contributed by atoms with Crippen LogP contribution < -0.4 is 20.1 Å². The van der Waals surface area contributed by atoms with E-state index in [1.165, 1.54) is 0 Å². The van der Waals surface area contributed by atoms with Gasteiger partial charge in [-0.25, -0.2) is 0 Å². The van der Waals surface area contributed by atoms with Crippen LogP contribution in [0.25, 0.3) is 0 Å². The van der Waals surface area contributed by atoms with Crippen molar-refractivity contribution in [1.29, 1.82) is 0 Å². The van der Waals surface area contributed by atoms with E-state index in [0.29, 0.717) is 27.7 Å². The molecule has 0 heterocycles. The molecule has 0 aliphatic heterocycles. The fourth-order valence-corrected chi connectivity index (χ4v) is 7.38. The molecule has 0 aliphatic rings. The van der Waals surface area contributed by atoms with E-state index in [1.54, 1.807) is 26.4 Å². The molecule has 4 aromatic carbocycles. The Bertz CT molecular complexity index is 1220. The highest BCUT2D eigenvalue weighted by molar-refractivity contribution is 7.79. The van der Waals surface area contributed by atoms with Gasteiger partial charge in [-0.1, -0.05) is 60.7 Å². The lowest BCUT2D eigenvalue weighted by atomic mass is 10.0. The van der Waals surface area contributed by atoms with E-state index >= 15 is 4.57 Å². The highest BCUT2D eigenvalue weighted by atomic mass is 31.2. The van der Waals surface area contributed by atoms with Crippen LogP contribution in [0, 0.1) is 0 Å². The zero-order valence-electron chi connectivity index (χ0n) is 19.3. The van der Waals surface area contributed by atoms with Crippen LogP contribution in [-0.4, -0.2) is 20.0 Å². The van der Waals surface area contributed by atoms with Crippen molar-refractivity contribution in [3.8, 4) is 11.5 Å². The number of carbonyl (C=O) groups is 1. The number of benzene rings is 4. The molecule has 4 rings (SSSR count). The molecular formula is C29H27O4P. The van der Waals surface area contributed by atoms with Crippen LogP contribution in [0.3, 0.4) is 0 Å². The molecule has 0 fully saturated rings.